The number of nitrogens with one attached hydrogen (secondary N) is 2. The summed E-state index contributed by atoms with van der Waals surface area (Å²) in [6.07, 6.45) is 2.90. The molecule has 2 aromatic heterocycles. The molecule has 0 spiro atoms. The van der Waals surface area contributed by atoms with Crippen molar-refractivity contribution in [1.29, 1.82) is 0 Å². The van der Waals surface area contributed by atoms with Crippen LogP contribution >= 0.6 is 0 Å². The van der Waals surface area contributed by atoms with Crippen molar-refractivity contribution in [1.82, 2.24) is 20.3 Å². The average molecular weight is 246 g/mol. The summed E-state index contributed by atoms with van der Waals surface area (Å²) in [6.45, 7) is 4.67. The third-order valence-corrected chi connectivity index (χ3v) is 3.36. The fraction of sp³-hybridized carbons (Fsp3) is 0.538. The molecule has 2 unspecified atom stereocenters. The van der Waals surface area contributed by atoms with Crippen LogP contribution in [0.2, 0.25) is 0 Å². The van der Waals surface area contributed by atoms with E-state index in [4.69, 9.17) is 4.74 Å². The topological polar surface area (TPSA) is 62.8 Å². The molecule has 96 valence electrons. The molecule has 1 aliphatic rings. The van der Waals surface area contributed by atoms with Crippen LogP contribution in [-0.2, 0) is 4.74 Å². The van der Waals surface area contributed by atoms with Crippen LogP contribution in [-0.4, -0.2) is 40.8 Å². The van der Waals surface area contributed by atoms with E-state index in [1.807, 2.05) is 12.1 Å². The molecule has 1 aliphatic heterocycles. The van der Waals surface area contributed by atoms with E-state index in [0.29, 0.717) is 12.0 Å². The standard InChI is InChI=1S/C13H18N4O/c1-2-5-14-11-8-18-7-9(11)12-16-10-4-3-6-15-13(10)17-12/h3-4,6,9,11,14H,2,5,7-8H2,1H3,(H,15,16,17). The van der Waals surface area contributed by atoms with Crippen molar-refractivity contribution in [2.24, 2.45) is 0 Å². The maximum Gasteiger partial charge on any atom is 0.177 e. The van der Waals surface area contributed by atoms with E-state index < -0.39 is 0 Å². The molecule has 3 rings (SSSR count). The molecule has 0 amide bonds. The van der Waals surface area contributed by atoms with Gasteiger partial charge in [-0.15, -0.1) is 0 Å². The third kappa shape index (κ3) is 2.11. The van der Waals surface area contributed by atoms with E-state index in [-0.39, 0.29) is 0 Å². The molecule has 2 aromatic rings. The highest BCUT2D eigenvalue weighted by Crippen LogP contribution is 2.25. The molecule has 0 radical (unpaired) electrons. The fourth-order valence-electron chi connectivity index (χ4n) is 2.39. The van der Waals surface area contributed by atoms with Gasteiger partial charge >= 0.3 is 0 Å². The van der Waals surface area contributed by atoms with Crippen LogP contribution in [0.3, 0.4) is 0 Å². The number of fused-ring (bicyclic) bond motifs is 1. The lowest BCUT2D eigenvalue weighted by Gasteiger charge is -2.16. The number of imidazole rings is 1. The van der Waals surface area contributed by atoms with Gasteiger partial charge in [0.05, 0.1) is 24.6 Å². The van der Waals surface area contributed by atoms with Crippen molar-refractivity contribution in [3.05, 3.63) is 24.2 Å². The Hall–Kier alpha value is -1.46. The lowest BCUT2D eigenvalue weighted by Crippen LogP contribution is -2.35. The monoisotopic (exact) mass is 246 g/mol. The summed E-state index contributed by atoms with van der Waals surface area (Å²) in [7, 11) is 0. The molecule has 5 nitrogen and oxygen atoms in total. The van der Waals surface area contributed by atoms with Gasteiger partial charge in [0.2, 0.25) is 0 Å². The molecule has 1 saturated heterocycles. The van der Waals surface area contributed by atoms with Crippen LogP contribution in [0.5, 0.6) is 0 Å². The van der Waals surface area contributed by atoms with Gasteiger partial charge in [0.15, 0.2) is 5.65 Å². The van der Waals surface area contributed by atoms with Crippen molar-refractivity contribution >= 4 is 11.2 Å². The number of ether oxygens (including phenoxy) is 1. The second kappa shape index (κ2) is 5.04. The molecule has 1 fully saturated rings. The van der Waals surface area contributed by atoms with Crippen molar-refractivity contribution in [3.63, 3.8) is 0 Å². The Kier molecular flexibility index (Phi) is 3.25. The molecule has 0 saturated carbocycles. The summed E-state index contributed by atoms with van der Waals surface area (Å²) in [5.41, 5.74) is 1.78. The summed E-state index contributed by atoms with van der Waals surface area (Å²) < 4.78 is 5.57. The first-order chi connectivity index (χ1) is 8.88. The van der Waals surface area contributed by atoms with Crippen LogP contribution < -0.4 is 5.32 Å². The Labute approximate surface area is 106 Å². The first kappa shape index (κ1) is 11.6. The van der Waals surface area contributed by atoms with Crippen LogP contribution in [0, 0.1) is 0 Å². The van der Waals surface area contributed by atoms with E-state index in [0.717, 1.165) is 43.2 Å². The lowest BCUT2D eigenvalue weighted by atomic mass is 10.0. The summed E-state index contributed by atoms with van der Waals surface area (Å²) in [5.74, 6) is 1.28. The van der Waals surface area contributed by atoms with Crippen LogP contribution in [0.25, 0.3) is 11.2 Å². The number of nitrogens with zero attached hydrogens (tertiary/aromatic N) is 2. The SMILES string of the molecule is CCCNC1COCC1c1nc2ncccc2[nH]1. The van der Waals surface area contributed by atoms with E-state index in [1.165, 1.54) is 0 Å². The van der Waals surface area contributed by atoms with Crippen molar-refractivity contribution < 1.29 is 4.74 Å². The lowest BCUT2D eigenvalue weighted by molar-refractivity contribution is 0.187. The summed E-state index contributed by atoms with van der Waals surface area (Å²) in [6, 6.07) is 4.27. The first-order valence-corrected chi connectivity index (χ1v) is 6.50. The van der Waals surface area contributed by atoms with Gasteiger partial charge in [-0.25, -0.2) is 9.97 Å². The number of aromatic amines is 1. The highest BCUT2D eigenvalue weighted by molar-refractivity contribution is 5.70. The maximum atomic E-state index is 5.57. The molecule has 18 heavy (non-hydrogen) atoms. The predicted octanol–water partition coefficient (Wildman–Crippen LogP) is 1.44. The van der Waals surface area contributed by atoms with Gasteiger partial charge in [0.25, 0.3) is 0 Å². The van der Waals surface area contributed by atoms with Gasteiger partial charge < -0.3 is 15.0 Å². The highest BCUT2D eigenvalue weighted by atomic mass is 16.5. The Morgan fingerprint density at radius 3 is 3.28 bits per heavy atom. The zero-order valence-electron chi connectivity index (χ0n) is 10.5. The minimum absolute atomic E-state index is 0.297. The molecule has 0 bridgehead atoms. The third-order valence-electron chi connectivity index (χ3n) is 3.36. The van der Waals surface area contributed by atoms with Crippen LogP contribution in [0.15, 0.2) is 18.3 Å². The van der Waals surface area contributed by atoms with Crippen molar-refractivity contribution in [2.45, 2.75) is 25.3 Å². The highest BCUT2D eigenvalue weighted by Gasteiger charge is 2.31. The van der Waals surface area contributed by atoms with E-state index in [9.17, 15) is 0 Å². The van der Waals surface area contributed by atoms with Gasteiger partial charge in [-0.1, -0.05) is 6.92 Å². The van der Waals surface area contributed by atoms with Gasteiger partial charge in [-0.05, 0) is 25.1 Å². The Morgan fingerprint density at radius 2 is 2.44 bits per heavy atom. The molecular formula is C13H18N4O. The van der Waals surface area contributed by atoms with E-state index >= 15 is 0 Å². The molecule has 2 N–H and O–H groups in total. The Morgan fingerprint density at radius 1 is 1.50 bits per heavy atom. The minimum atomic E-state index is 0.297. The maximum absolute atomic E-state index is 5.57. The zero-order valence-corrected chi connectivity index (χ0v) is 10.5. The van der Waals surface area contributed by atoms with Gasteiger partial charge in [-0.3, -0.25) is 0 Å². The predicted molar refractivity (Wildman–Crippen MR) is 69.5 cm³/mol. The van der Waals surface area contributed by atoms with Gasteiger partial charge in [-0.2, -0.15) is 0 Å². The second-order valence-corrected chi connectivity index (χ2v) is 4.70. The molecule has 2 atom stereocenters. The number of aromatic nitrogens is 3. The minimum Gasteiger partial charge on any atom is -0.379 e. The molecule has 5 heteroatoms. The Balaban J connectivity index is 1.84. The van der Waals surface area contributed by atoms with E-state index in [1.54, 1.807) is 6.20 Å². The second-order valence-electron chi connectivity index (χ2n) is 4.70. The summed E-state index contributed by atoms with van der Waals surface area (Å²) >= 11 is 0. The number of hydrogen-bond acceptors (Lipinski definition) is 4. The summed E-state index contributed by atoms with van der Waals surface area (Å²) in [5, 5.41) is 3.52. The molecular weight excluding hydrogens is 228 g/mol. The Bertz CT molecular complexity index is 491. The van der Waals surface area contributed by atoms with Gasteiger partial charge in [0.1, 0.15) is 5.82 Å². The summed E-state index contributed by atoms with van der Waals surface area (Å²) in [4.78, 5) is 12.2. The number of pyridine rings is 1. The first-order valence-electron chi connectivity index (χ1n) is 6.50. The smallest absolute Gasteiger partial charge is 0.177 e. The van der Waals surface area contributed by atoms with E-state index in [2.05, 4.69) is 27.2 Å². The number of H-pyrrole nitrogens is 1. The van der Waals surface area contributed by atoms with Crippen molar-refractivity contribution in [3.8, 4) is 0 Å². The molecule has 3 heterocycles. The fourth-order valence-corrected chi connectivity index (χ4v) is 2.39. The normalized spacial score (nSPS) is 23.8. The molecule has 0 aromatic carbocycles. The van der Waals surface area contributed by atoms with Gasteiger partial charge in [0, 0.05) is 12.2 Å². The van der Waals surface area contributed by atoms with Crippen LogP contribution in [0.1, 0.15) is 25.1 Å². The number of rotatable bonds is 4. The molecule has 0 aliphatic carbocycles. The zero-order chi connectivity index (χ0) is 12.4. The van der Waals surface area contributed by atoms with Crippen LogP contribution in [0.4, 0.5) is 0 Å². The quantitative estimate of drug-likeness (QED) is 0.857. The van der Waals surface area contributed by atoms with Crippen molar-refractivity contribution in [2.75, 3.05) is 19.8 Å². The largest absolute Gasteiger partial charge is 0.379 e. The average Bonchev–Trinajstić information content (AvgIpc) is 3.01. The number of hydrogen-bond donors (Lipinski definition) is 2.